The largest absolute Gasteiger partial charge is 0.352 e. The first kappa shape index (κ1) is 20.9. The Labute approximate surface area is 173 Å². The van der Waals surface area contributed by atoms with Crippen molar-refractivity contribution in [3.8, 4) is 0 Å². The lowest BCUT2D eigenvalue weighted by Crippen LogP contribution is -2.44. The third kappa shape index (κ3) is 6.36. The molecule has 25 heavy (non-hydrogen) atoms. The van der Waals surface area contributed by atoms with E-state index in [1.807, 2.05) is 13.2 Å². The summed E-state index contributed by atoms with van der Waals surface area (Å²) in [6.45, 7) is 6.58. The second-order valence-electron chi connectivity index (χ2n) is 7.04. The van der Waals surface area contributed by atoms with E-state index < -0.39 is 0 Å². The molecule has 5 nitrogen and oxygen atoms in total. The number of aliphatic imine (C=N–C) groups is 1. The van der Waals surface area contributed by atoms with Gasteiger partial charge in [-0.1, -0.05) is 19.8 Å². The predicted octanol–water partition coefficient (Wildman–Crippen LogP) is 3.25. The van der Waals surface area contributed by atoms with E-state index >= 15 is 0 Å². The van der Waals surface area contributed by atoms with Crippen molar-refractivity contribution in [2.24, 2.45) is 10.9 Å². The number of aryl methyl sites for hydroxylation is 1. The molecule has 0 aromatic carbocycles. The minimum Gasteiger partial charge on any atom is -0.352 e. The van der Waals surface area contributed by atoms with Crippen molar-refractivity contribution in [1.29, 1.82) is 0 Å². The van der Waals surface area contributed by atoms with Crippen molar-refractivity contribution >= 4 is 41.3 Å². The van der Waals surface area contributed by atoms with Gasteiger partial charge in [0.1, 0.15) is 5.01 Å². The van der Waals surface area contributed by atoms with E-state index in [-0.39, 0.29) is 24.0 Å². The molecule has 7 heteroatoms. The molecule has 2 fully saturated rings. The summed E-state index contributed by atoms with van der Waals surface area (Å²) in [6, 6.07) is 0.514. The summed E-state index contributed by atoms with van der Waals surface area (Å²) in [5, 5.41) is 8.12. The predicted molar refractivity (Wildman–Crippen MR) is 117 cm³/mol. The number of nitrogens with zero attached hydrogens (tertiary/aromatic N) is 3. The van der Waals surface area contributed by atoms with E-state index in [2.05, 4.69) is 32.4 Å². The van der Waals surface area contributed by atoms with Gasteiger partial charge in [-0.3, -0.25) is 4.99 Å². The minimum atomic E-state index is 0. The SMILES string of the molecule is CCc1cnc(CNC(=NC)NC2CCN(CC3CCCC3)C2)s1.I. The van der Waals surface area contributed by atoms with E-state index in [1.165, 1.54) is 50.1 Å². The van der Waals surface area contributed by atoms with Crippen LogP contribution < -0.4 is 10.6 Å². The number of halogens is 1. The van der Waals surface area contributed by atoms with Gasteiger partial charge in [0.25, 0.3) is 0 Å². The van der Waals surface area contributed by atoms with Crippen LogP contribution in [0.4, 0.5) is 0 Å². The molecule has 142 valence electrons. The number of rotatable bonds is 6. The van der Waals surface area contributed by atoms with E-state index in [0.717, 1.165) is 36.4 Å². The highest BCUT2D eigenvalue weighted by Crippen LogP contribution is 2.26. The lowest BCUT2D eigenvalue weighted by atomic mass is 10.1. The smallest absolute Gasteiger partial charge is 0.191 e. The van der Waals surface area contributed by atoms with Gasteiger partial charge in [0, 0.05) is 43.8 Å². The Morgan fingerprint density at radius 3 is 2.84 bits per heavy atom. The molecular formula is C18H32IN5S. The van der Waals surface area contributed by atoms with Crippen LogP contribution in [0.1, 0.15) is 48.9 Å². The number of thiazole rings is 1. The van der Waals surface area contributed by atoms with Crippen molar-refractivity contribution in [2.45, 2.75) is 58.0 Å². The average Bonchev–Trinajstić information content (AvgIpc) is 3.34. The molecule has 2 aliphatic rings. The summed E-state index contributed by atoms with van der Waals surface area (Å²) >= 11 is 1.78. The molecule has 1 aliphatic carbocycles. The summed E-state index contributed by atoms with van der Waals surface area (Å²) < 4.78 is 0. The molecule has 0 bridgehead atoms. The second-order valence-corrected chi connectivity index (χ2v) is 8.24. The molecule has 1 atom stereocenters. The van der Waals surface area contributed by atoms with Crippen LogP contribution in [-0.2, 0) is 13.0 Å². The highest BCUT2D eigenvalue weighted by Gasteiger charge is 2.26. The van der Waals surface area contributed by atoms with Crippen molar-refractivity contribution in [3.63, 3.8) is 0 Å². The number of nitrogens with one attached hydrogen (secondary N) is 2. The van der Waals surface area contributed by atoms with Gasteiger partial charge in [-0.25, -0.2) is 4.98 Å². The van der Waals surface area contributed by atoms with Gasteiger partial charge >= 0.3 is 0 Å². The van der Waals surface area contributed by atoms with Gasteiger partial charge in [-0.2, -0.15) is 0 Å². The summed E-state index contributed by atoms with van der Waals surface area (Å²) in [7, 11) is 1.85. The highest BCUT2D eigenvalue weighted by atomic mass is 127. The van der Waals surface area contributed by atoms with Crippen LogP contribution in [0.5, 0.6) is 0 Å². The van der Waals surface area contributed by atoms with Gasteiger partial charge in [0.05, 0.1) is 6.54 Å². The molecule has 1 saturated carbocycles. The Morgan fingerprint density at radius 2 is 2.16 bits per heavy atom. The van der Waals surface area contributed by atoms with E-state index in [4.69, 9.17) is 0 Å². The first-order valence-electron chi connectivity index (χ1n) is 9.40. The van der Waals surface area contributed by atoms with Gasteiger partial charge in [0.15, 0.2) is 5.96 Å². The lowest BCUT2D eigenvalue weighted by Gasteiger charge is -2.21. The maximum absolute atomic E-state index is 4.46. The number of aromatic nitrogens is 1. The van der Waals surface area contributed by atoms with Crippen LogP contribution in [0.3, 0.4) is 0 Å². The summed E-state index contributed by atoms with van der Waals surface area (Å²) in [6.07, 6.45) is 10.0. The summed E-state index contributed by atoms with van der Waals surface area (Å²) in [5.74, 6) is 1.84. The Hall–Kier alpha value is -0.410. The molecule has 2 N–H and O–H groups in total. The molecule has 1 aliphatic heterocycles. The first-order chi connectivity index (χ1) is 11.8. The standard InChI is InChI=1S/C18H31N5S.HI/c1-3-16-10-20-17(24-16)11-21-18(19-2)22-15-8-9-23(13-15)12-14-6-4-5-7-14;/h10,14-15H,3-9,11-13H2,1-2H3,(H2,19,21,22);1H. The third-order valence-electron chi connectivity index (χ3n) is 5.18. The zero-order chi connectivity index (χ0) is 16.8. The van der Waals surface area contributed by atoms with Crippen LogP contribution in [0.2, 0.25) is 0 Å². The Kier molecular flexibility index (Phi) is 8.92. The molecule has 0 radical (unpaired) electrons. The van der Waals surface area contributed by atoms with Gasteiger partial charge in [-0.15, -0.1) is 35.3 Å². The maximum Gasteiger partial charge on any atom is 0.191 e. The molecule has 1 aromatic rings. The molecule has 1 saturated heterocycles. The zero-order valence-corrected chi connectivity index (χ0v) is 18.6. The Balaban J connectivity index is 0.00000225. The second kappa shape index (κ2) is 10.7. The van der Waals surface area contributed by atoms with Gasteiger partial charge in [-0.05, 0) is 31.6 Å². The van der Waals surface area contributed by atoms with Crippen molar-refractivity contribution in [3.05, 3.63) is 16.1 Å². The van der Waals surface area contributed by atoms with Crippen molar-refractivity contribution in [1.82, 2.24) is 20.5 Å². The van der Waals surface area contributed by atoms with Crippen molar-refractivity contribution < 1.29 is 0 Å². The Bertz CT molecular complexity index is 541. The third-order valence-corrected chi connectivity index (χ3v) is 6.33. The maximum atomic E-state index is 4.46. The van der Waals surface area contributed by atoms with E-state index in [1.54, 1.807) is 11.3 Å². The fourth-order valence-electron chi connectivity index (χ4n) is 3.81. The Morgan fingerprint density at radius 1 is 1.36 bits per heavy atom. The molecule has 1 unspecified atom stereocenters. The number of hydrogen-bond acceptors (Lipinski definition) is 4. The lowest BCUT2D eigenvalue weighted by molar-refractivity contribution is 0.275. The molecule has 0 spiro atoms. The molecular weight excluding hydrogens is 445 g/mol. The fraction of sp³-hybridized carbons (Fsp3) is 0.778. The molecule has 3 rings (SSSR count). The molecule has 1 aromatic heterocycles. The van der Waals surface area contributed by atoms with Gasteiger partial charge < -0.3 is 15.5 Å². The first-order valence-corrected chi connectivity index (χ1v) is 10.2. The van der Waals surface area contributed by atoms with Crippen LogP contribution in [0, 0.1) is 5.92 Å². The normalized spacial score (nSPS) is 22.2. The summed E-state index contributed by atoms with van der Waals surface area (Å²) in [5.41, 5.74) is 0. The number of hydrogen-bond donors (Lipinski definition) is 2. The van der Waals surface area contributed by atoms with E-state index in [9.17, 15) is 0 Å². The summed E-state index contributed by atoms with van der Waals surface area (Å²) in [4.78, 5) is 12.8. The molecule has 2 heterocycles. The average molecular weight is 477 g/mol. The van der Waals surface area contributed by atoms with Gasteiger partial charge in [0.2, 0.25) is 0 Å². The van der Waals surface area contributed by atoms with Crippen LogP contribution in [-0.4, -0.2) is 48.6 Å². The number of guanidine groups is 1. The zero-order valence-electron chi connectivity index (χ0n) is 15.5. The minimum absolute atomic E-state index is 0. The number of likely N-dealkylation sites (tertiary alicyclic amines) is 1. The van der Waals surface area contributed by atoms with Crippen LogP contribution in [0.15, 0.2) is 11.2 Å². The van der Waals surface area contributed by atoms with Crippen LogP contribution >= 0.6 is 35.3 Å². The van der Waals surface area contributed by atoms with Crippen LogP contribution in [0.25, 0.3) is 0 Å². The molecule has 0 amide bonds. The highest BCUT2D eigenvalue weighted by molar-refractivity contribution is 14.0. The monoisotopic (exact) mass is 477 g/mol. The van der Waals surface area contributed by atoms with Crippen molar-refractivity contribution in [2.75, 3.05) is 26.7 Å². The fourth-order valence-corrected chi connectivity index (χ4v) is 4.62. The van der Waals surface area contributed by atoms with E-state index in [0.29, 0.717) is 6.04 Å². The quantitative estimate of drug-likeness (QED) is 0.375. The topological polar surface area (TPSA) is 52.6 Å².